The second kappa shape index (κ2) is 3.38. The predicted octanol–water partition coefficient (Wildman–Crippen LogP) is 3.29. The van der Waals surface area contributed by atoms with Crippen LogP contribution in [0, 0.1) is 13.8 Å². The molecule has 4 heteroatoms. The highest BCUT2D eigenvalue weighted by atomic mass is 16.5. The molecule has 17 heavy (non-hydrogen) atoms. The Morgan fingerprint density at radius 3 is 2.76 bits per heavy atom. The minimum absolute atomic E-state index is 0.372. The molecule has 2 heterocycles. The van der Waals surface area contributed by atoms with Crippen LogP contribution in [0.25, 0.3) is 22.3 Å². The van der Waals surface area contributed by atoms with Crippen molar-refractivity contribution in [2.24, 2.45) is 0 Å². The van der Waals surface area contributed by atoms with E-state index in [-0.39, 0.29) is 0 Å². The van der Waals surface area contributed by atoms with Crippen molar-refractivity contribution in [2.45, 2.75) is 13.8 Å². The number of aryl methyl sites for hydroxylation is 2. The first-order chi connectivity index (χ1) is 8.16. The molecule has 1 aromatic carbocycles. The molecule has 3 rings (SSSR count). The van der Waals surface area contributed by atoms with Crippen LogP contribution in [0.2, 0.25) is 0 Å². The number of nitrogens with zero attached hydrogens (tertiary/aromatic N) is 1. The van der Waals surface area contributed by atoms with Gasteiger partial charge in [0.05, 0.1) is 5.56 Å². The number of para-hydroxylation sites is 1. The molecule has 0 aliphatic heterocycles. The topological polar surface area (TPSA) is 65.2 Å². The number of furan rings is 1. The first kappa shape index (κ1) is 9.96. The zero-order valence-electron chi connectivity index (χ0n) is 9.65. The van der Waals surface area contributed by atoms with Gasteiger partial charge in [0.1, 0.15) is 11.3 Å². The number of rotatable bonds is 1. The van der Waals surface area contributed by atoms with Gasteiger partial charge in [0.25, 0.3) is 0 Å². The molecule has 0 atom stereocenters. The third-order valence-corrected chi connectivity index (χ3v) is 3.00. The van der Waals surface area contributed by atoms with E-state index >= 15 is 0 Å². The molecule has 86 valence electrons. The van der Waals surface area contributed by atoms with Crippen molar-refractivity contribution in [3.63, 3.8) is 0 Å². The number of nitrogen functional groups attached to an aromatic ring is 1. The number of hydrogen-bond donors (Lipinski definition) is 1. The molecule has 0 aliphatic rings. The molecule has 0 saturated heterocycles. The molecular formula is C13H12N2O2. The van der Waals surface area contributed by atoms with Gasteiger partial charge in [0, 0.05) is 11.5 Å². The van der Waals surface area contributed by atoms with Crippen molar-refractivity contribution in [2.75, 3.05) is 5.73 Å². The van der Waals surface area contributed by atoms with E-state index in [1.165, 1.54) is 0 Å². The summed E-state index contributed by atoms with van der Waals surface area (Å²) in [6.45, 7) is 3.99. The maximum Gasteiger partial charge on any atom is 0.172 e. The van der Waals surface area contributed by atoms with Gasteiger partial charge in [-0.3, -0.25) is 0 Å². The van der Waals surface area contributed by atoms with Gasteiger partial charge in [-0.1, -0.05) is 17.3 Å². The summed E-state index contributed by atoms with van der Waals surface area (Å²) >= 11 is 0. The van der Waals surface area contributed by atoms with Crippen LogP contribution in [-0.4, -0.2) is 5.16 Å². The van der Waals surface area contributed by atoms with Gasteiger partial charge in [-0.25, -0.2) is 0 Å². The Bertz CT molecular complexity index is 695. The Morgan fingerprint density at radius 2 is 2.06 bits per heavy atom. The van der Waals surface area contributed by atoms with Gasteiger partial charge in [0.2, 0.25) is 0 Å². The van der Waals surface area contributed by atoms with E-state index in [1.54, 1.807) is 6.07 Å². The molecule has 0 bridgehead atoms. The van der Waals surface area contributed by atoms with Crippen molar-refractivity contribution in [3.05, 3.63) is 35.6 Å². The Labute approximate surface area is 98.0 Å². The van der Waals surface area contributed by atoms with Gasteiger partial charge >= 0.3 is 0 Å². The van der Waals surface area contributed by atoms with E-state index in [4.69, 9.17) is 14.7 Å². The number of fused-ring (bicyclic) bond motifs is 1. The van der Waals surface area contributed by atoms with Crippen LogP contribution in [0.1, 0.15) is 11.3 Å². The Morgan fingerprint density at radius 1 is 1.24 bits per heavy atom. The summed E-state index contributed by atoms with van der Waals surface area (Å²) in [4.78, 5) is 0. The molecule has 3 aromatic rings. The lowest BCUT2D eigenvalue weighted by Gasteiger charge is -1.96. The third kappa shape index (κ3) is 1.41. The van der Waals surface area contributed by atoms with E-state index in [0.717, 1.165) is 27.9 Å². The first-order valence-electron chi connectivity index (χ1n) is 5.38. The smallest absolute Gasteiger partial charge is 0.172 e. The van der Waals surface area contributed by atoms with Crippen LogP contribution in [0.15, 0.2) is 33.2 Å². The van der Waals surface area contributed by atoms with Gasteiger partial charge in [0.15, 0.2) is 11.6 Å². The number of anilines is 1. The summed E-state index contributed by atoms with van der Waals surface area (Å²) in [6, 6.07) is 7.63. The maximum absolute atomic E-state index is 5.76. The fourth-order valence-corrected chi connectivity index (χ4v) is 1.97. The highest BCUT2D eigenvalue weighted by molar-refractivity contribution is 5.93. The second-order valence-electron chi connectivity index (χ2n) is 4.08. The average molecular weight is 228 g/mol. The minimum Gasteiger partial charge on any atom is -0.460 e. The Balaban J connectivity index is 2.33. The van der Waals surface area contributed by atoms with E-state index < -0.39 is 0 Å². The third-order valence-electron chi connectivity index (χ3n) is 3.00. The monoisotopic (exact) mass is 228 g/mol. The summed E-state index contributed by atoms with van der Waals surface area (Å²) in [5, 5.41) is 4.78. The highest BCUT2D eigenvalue weighted by Gasteiger charge is 2.14. The Kier molecular flexibility index (Phi) is 1.98. The predicted molar refractivity (Wildman–Crippen MR) is 65.6 cm³/mol. The lowest BCUT2D eigenvalue weighted by atomic mass is 10.1. The molecule has 2 N–H and O–H groups in total. The quantitative estimate of drug-likeness (QED) is 0.694. The van der Waals surface area contributed by atoms with Crippen LogP contribution in [0.4, 0.5) is 5.82 Å². The Hall–Kier alpha value is -2.23. The van der Waals surface area contributed by atoms with Crippen LogP contribution >= 0.6 is 0 Å². The number of aromatic nitrogens is 1. The minimum atomic E-state index is 0.372. The van der Waals surface area contributed by atoms with E-state index in [2.05, 4.69) is 5.16 Å². The van der Waals surface area contributed by atoms with E-state index in [9.17, 15) is 0 Å². The second-order valence-corrected chi connectivity index (χ2v) is 4.08. The molecule has 0 amide bonds. The largest absolute Gasteiger partial charge is 0.460 e. The zero-order chi connectivity index (χ0) is 12.0. The zero-order valence-corrected chi connectivity index (χ0v) is 9.65. The summed E-state index contributed by atoms with van der Waals surface area (Å²) in [6.07, 6.45) is 0. The van der Waals surface area contributed by atoms with E-state index in [1.807, 2.05) is 32.0 Å². The number of hydrogen-bond acceptors (Lipinski definition) is 4. The number of benzene rings is 1. The molecule has 0 unspecified atom stereocenters. The number of nitrogens with two attached hydrogens (primary N) is 1. The molecule has 0 spiro atoms. The summed E-state index contributed by atoms with van der Waals surface area (Å²) < 4.78 is 10.9. The maximum atomic E-state index is 5.76. The SMILES string of the molecule is Cc1oc2c(-c3cc(N)no3)cccc2c1C. The van der Waals surface area contributed by atoms with Crippen LogP contribution in [-0.2, 0) is 0 Å². The van der Waals surface area contributed by atoms with Gasteiger partial charge < -0.3 is 14.7 Å². The molecule has 0 saturated carbocycles. The van der Waals surface area contributed by atoms with Gasteiger partial charge in [-0.2, -0.15) is 0 Å². The summed E-state index contributed by atoms with van der Waals surface area (Å²) in [5.41, 5.74) is 8.40. The standard InChI is InChI=1S/C13H12N2O2/c1-7-8(2)16-13-9(7)4-3-5-10(13)11-6-12(14)15-17-11/h3-6H,1-2H3,(H2,14,15). The molecule has 0 aliphatic carbocycles. The van der Waals surface area contributed by atoms with Crippen molar-refractivity contribution >= 4 is 16.8 Å². The van der Waals surface area contributed by atoms with Crippen molar-refractivity contribution < 1.29 is 8.94 Å². The van der Waals surface area contributed by atoms with Gasteiger partial charge in [-0.15, -0.1) is 0 Å². The van der Waals surface area contributed by atoms with Crippen molar-refractivity contribution in [3.8, 4) is 11.3 Å². The molecular weight excluding hydrogens is 216 g/mol. The van der Waals surface area contributed by atoms with Gasteiger partial charge in [-0.05, 0) is 25.5 Å². The van der Waals surface area contributed by atoms with Crippen LogP contribution in [0.5, 0.6) is 0 Å². The normalized spacial score (nSPS) is 11.2. The molecule has 0 radical (unpaired) electrons. The van der Waals surface area contributed by atoms with Crippen molar-refractivity contribution in [1.82, 2.24) is 5.16 Å². The average Bonchev–Trinajstić information content (AvgIpc) is 2.85. The van der Waals surface area contributed by atoms with Crippen molar-refractivity contribution in [1.29, 1.82) is 0 Å². The fourth-order valence-electron chi connectivity index (χ4n) is 1.97. The molecule has 4 nitrogen and oxygen atoms in total. The lowest BCUT2D eigenvalue weighted by Crippen LogP contribution is -1.80. The first-order valence-corrected chi connectivity index (χ1v) is 5.38. The lowest BCUT2D eigenvalue weighted by molar-refractivity contribution is 0.435. The highest BCUT2D eigenvalue weighted by Crippen LogP contribution is 2.33. The van der Waals surface area contributed by atoms with Crippen LogP contribution in [0.3, 0.4) is 0 Å². The molecule has 2 aromatic heterocycles. The fraction of sp³-hybridized carbons (Fsp3) is 0.154. The summed E-state index contributed by atoms with van der Waals surface area (Å²) in [5.74, 6) is 1.92. The van der Waals surface area contributed by atoms with E-state index in [0.29, 0.717) is 11.6 Å². The molecule has 0 fully saturated rings. The van der Waals surface area contributed by atoms with Crippen LogP contribution < -0.4 is 5.73 Å². The summed E-state index contributed by atoms with van der Waals surface area (Å²) in [7, 11) is 0.